The average Bonchev–Trinajstić information content (AvgIpc) is 2.38. The van der Waals surface area contributed by atoms with Crippen molar-refractivity contribution >= 4 is 12.0 Å². The first-order valence-electron chi connectivity index (χ1n) is 6.31. The molecule has 19 heavy (non-hydrogen) atoms. The topological polar surface area (TPSA) is 58.6 Å². The van der Waals surface area contributed by atoms with Crippen LogP contribution in [0.25, 0.3) is 6.08 Å². The predicted octanol–water partition coefficient (Wildman–Crippen LogP) is 1.99. The molecule has 0 bridgehead atoms. The molecular formula is C15H21NO3. The number of ether oxygens (including phenoxy) is 1. The smallest absolute Gasteiger partial charge is 0.244 e. The van der Waals surface area contributed by atoms with Crippen molar-refractivity contribution in [3.63, 3.8) is 0 Å². The van der Waals surface area contributed by atoms with Crippen molar-refractivity contribution in [2.45, 2.75) is 26.3 Å². The van der Waals surface area contributed by atoms with Crippen LogP contribution in [0.4, 0.5) is 0 Å². The van der Waals surface area contributed by atoms with Gasteiger partial charge >= 0.3 is 0 Å². The Morgan fingerprint density at radius 2 is 2.11 bits per heavy atom. The highest BCUT2D eigenvalue weighted by Crippen LogP contribution is 2.19. The zero-order valence-electron chi connectivity index (χ0n) is 11.6. The molecule has 0 aliphatic heterocycles. The van der Waals surface area contributed by atoms with Crippen molar-refractivity contribution < 1.29 is 14.6 Å². The van der Waals surface area contributed by atoms with E-state index < -0.39 is 5.54 Å². The summed E-state index contributed by atoms with van der Waals surface area (Å²) < 4.78 is 5.47. The van der Waals surface area contributed by atoms with Crippen LogP contribution in [0.5, 0.6) is 5.75 Å². The Morgan fingerprint density at radius 1 is 1.42 bits per heavy atom. The maximum atomic E-state index is 11.7. The maximum absolute atomic E-state index is 11.7. The summed E-state index contributed by atoms with van der Waals surface area (Å²) >= 11 is 0. The van der Waals surface area contributed by atoms with Crippen LogP contribution in [0.2, 0.25) is 0 Å². The van der Waals surface area contributed by atoms with Crippen molar-refractivity contribution in [3.8, 4) is 5.75 Å². The molecule has 0 aliphatic carbocycles. The number of aliphatic hydroxyl groups is 1. The van der Waals surface area contributed by atoms with E-state index in [4.69, 9.17) is 9.84 Å². The van der Waals surface area contributed by atoms with Crippen LogP contribution < -0.4 is 10.1 Å². The number of amides is 1. The van der Waals surface area contributed by atoms with E-state index in [1.54, 1.807) is 19.9 Å². The van der Waals surface area contributed by atoms with Gasteiger partial charge in [0.15, 0.2) is 0 Å². The maximum Gasteiger partial charge on any atom is 0.244 e. The highest BCUT2D eigenvalue weighted by atomic mass is 16.5. The molecule has 1 aromatic rings. The van der Waals surface area contributed by atoms with E-state index in [2.05, 4.69) is 5.32 Å². The van der Waals surface area contributed by atoms with Crippen LogP contribution in [0.15, 0.2) is 30.3 Å². The second-order valence-corrected chi connectivity index (χ2v) is 4.84. The van der Waals surface area contributed by atoms with Crippen LogP contribution in [0, 0.1) is 0 Å². The van der Waals surface area contributed by atoms with Crippen molar-refractivity contribution in [1.29, 1.82) is 0 Å². The number of benzene rings is 1. The second kappa shape index (κ2) is 6.95. The molecule has 1 aromatic carbocycles. The number of aliphatic hydroxyl groups excluding tert-OH is 1. The molecule has 0 unspecified atom stereocenters. The molecule has 0 radical (unpaired) electrons. The summed E-state index contributed by atoms with van der Waals surface area (Å²) in [5, 5.41) is 11.8. The number of carbonyl (C=O) groups excluding carboxylic acids is 1. The first-order valence-corrected chi connectivity index (χ1v) is 6.31. The predicted molar refractivity (Wildman–Crippen MR) is 76.0 cm³/mol. The number of hydrogen-bond acceptors (Lipinski definition) is 3. The quantitative estimate of drug-likeness (QED) is 0.772. The molecule has 104 valence electrons. The van der Waals surface area contributed by atoms with E-state index in [9.17, 15) is 4.79 Å². The second-order valence-electron chi connectivity index (χ2n) is 4.84. The van der Waals surface area contributed by atoms with Gasteiger partial charge < -0.3 is 15.2 Å². The lowest BCUT2D eigenvalue weighted by Crippen LogP contribution is -2.45. The Balaban J connectivity index is 2.74. The lowest BCUT2D eigenvalue weighted by atomic mass is 10.1. The monoisotopic (exact) mass is 263 g/mol. The number of carbonyl (C=O) groups is 1. The van der Waals surface area contributed by atoms with Crippen molar-refractivity contribution in [3.05, 3.63) is 35.9 Å². The van der Waals surface area contributed by atoms with Gasteiger partial charge in [0.25, 0.3) is 0 Å². The van der Waals surface area contributed by atoms with Crippen molar-refractivity contribution in [2.75, 3.05) is 13.2 Å². The summed E-state index contributed by atoms with van der Waals surface area (Å²) in [6, 6.07) is 7.51. The Kier molecular flexibility index (Phi) is 5.57. The molecule has 0 spiro atoms. The molecule has 2 N–H and O–H groups in total. The Morgan fingerprint density at radius 3 is 2.74 bits per heavy atom. The SMILES string of the molecule is CCOc1ccccc1/C=C/C(=O)NC(C)(C)CO. The Hall–Kier alpha value is -1.81. The lowest BCUT2D eigenvalue weighted by Gasteiger charge is -2.22. The van der Waals surface area contributed by atoms with E-state index in [0.717, 1.165) is 11.3 Å². The normalized spacial score (nSPS) is 11.6. The first-order chi connectivity index (χ1) is 8.98. The summed E-state index contributed by atoms with van der Waals surface area (Å²) in [5.74, 6) is 0.501. The standard InChI is InChI=1S/C15H21NO3/c1-4-19-13-8-6-5-7-12(13)9-10-14(18)16-15(2,3)11-17/h5-10,17H,4,11H2,1-3H3,(H,16,18)/b10-9+. The van der Waals surface area contributed by atoms with Gasteiger partial charge in [0.05, 0.1) is 18.8 Å². The van der Waals surface area contributed by atoms with Crippen LogP contribution in [0.3, 0.4) is 0 Å². The Bertz CT molecular complexity index is 452. The third kappa shape index (κ3) is 5.14. The number of nitrogens with one attached hydrogen (secondary N) is 1. The van der Waals surface area contributed by atoms with E-state index in [-0.39, 0.29) is 12.5 Å². The summed E-state index contributed by atoms with van der Waals surface area (Å²) in [6.07, 6.45) is 3.14. The molecule has 0 saturated carbocycles. The van der Waals surface area contributed by atoms with Crippen LogP contribution >= 0.6 is 0 Å². The summed E-state index contributed by atoms with van der Waals surface area (Å²) in [6.45, 7) is 5.90. The van der Waals surface area contributed by atoms with Crippen LogP contribution in [-0.4, -0.2) is 29.8 Å². The molecular weight excluding hydrogens is 242 g/mol. The van der Waals surface area contributed by atoms with Crippen LogP contribution in [-0.2, 0) is 4.79 Å². The minimum Gasteiger partial charge on any atom is -0.493 e. The third-order valence-corrected chi connectivity index (χ3v) is 2.49. The molecule has 4 nitrogen and oxygen atoms in total. The van der Waals surface area contributed by atoms with E-state index in [1.165, 1.54) is 6.08 Å². The van der Waals surface area contributed by atoms with Gasteiger partial charge in [-0.2, -0.15) is 0 Å². The van der Waals surface area contributed by atoms with Gasteiger partial charge in [-0.3, -0.25) is 4.79 Å². The molecule has 0 aliphatic rings. The molecule has 0 atom stereocenters. The fourth-order valence-corrected chi connectivity index (χ4v) is 1.49. The van der Waals surface area contributed by atoms with Gasteiger partial charge in [-0.1, -0.05) is 18.2 Å². The largest absolute Gasteiger partial charge is 0.493 e. The minimum absolute atomic E-state index is 0.109. The summed E-state index contributed by atoms with van der Waals surface area (Å²) in [5.41, 5.74) is 0.224. The van der Waals surface area contributed by atoms with E-state index in [1.807, 2.05) is 31.2 Å². The lowest BCUT2D eigenvalue weighted by molar-refractivity contribution is -0.118. The van der Waals surface area contributed by atoms with Gasteiger partial charge in [-0.05, 0) is 32.9 Å². The van der Waals surface area contributed by atoms with Gasteiger partial charge in [-0.25, -0.2) is 0 Å². The molecule has 0 aromatic heterocycles. The van der Waals surface area contributed by atoms with Gasteiger partial charge in [-0.15, -0.1) is 0 Å². The fourth-order valence-electron chi connectivity index (χ4n) is 1.49. The first kappa shape index (κ1) is 15.2. The number of para-hydroxylation sites is 1. The molecule has 4 heteroatoms. The molecule has 0 saturated heterocycles. The third-order valence-electron chi connectivity index (χ3n) is 2.49. The highest BCUT2D eigenvalue weighted by molar-refractivity contribution is 5.92. The van der Waals surface area contributed by atoms with Gasteiger partial charge in [0, 0.05) is 11.6 Å². The van der Waals surface area contributed by atoms with E-state index >= 15 is 0 Å². The van der Waals surface area contributed by atoms with E-state index in [0.29, 0.717) is 6.61 Å². The Labute approximate surface area is 114 Å². The molecule has 0 heterocycles. The number of rotatable bonds is 6. The van der Waals surface area contributed by atoms with Gasteiger partial charge in [0.1, 0.15) is 5.75 Å². The molecule has 1 rings (SSSR count). The summed E-state index contributed by atoms with van der Waals surface area (Å²) in [7, 11) is 0. The molecule has 1 amide bonds. The fraction of sp³-hybridized carbons (Fsp3) is 0.400. The van der Waals surface area contributed by atoms with Crippen LogP contribution in [0.1, 0.15) is 26.3 Å². The zero-order chi connectivity index (χ0) is 14.3. The number of hydrogen-bond donors (Lipinski definition) is 2. The minimum atomic E-state index is -0.624. The zero-order valence-corrected chi connectivity index (χ0v) is 11.6. The van der Waals surface area contributed by atoms with Crippen molar-refractivity contribution in [1.82, 2.24) is 5.32 Å². The van der Waals surface area contributed by atoms with Gasteiger partial charge in [0.2, 0.25) is 5.91 Å². The highest BCUT2D eigenvalue weighted by Gasteiger charge is 2.17. The average molecular weight is 263 g/mol. The van der Waals surface area contributed by atoms with Crippen molar-refractivity contribution in [2.24, 2.45) is 0 Å². The molecule has 0 fully saturated rings. The summed E-state index contributed by atoms with van der Waals surface area (Å²) in [4.78, 5) is 11.7.